The van der Waals surface area contributed by atoms with Gasteiger partial charge in [0.1, 0.15) is 5.54 Å². The van der Waals surface area contributed by atoms with Crippen LogP contribution in [0.4, 0.5) is 0 Å². The summed E-state index contributed by atoms with van der Waals surface area (Å²) in [5.41, 5.74) is -0.562. The van der Waals surface area contributed by atoms with Gasteiger partial charge in [-0.25, -0.2) is 0 Å². The highest BCUT2D eigenvalue weighted by atomic mass is 16.4. The molecule has 1 N–H and O–H groups in total. The number of carboxylic acids is 1. The second-order valence-corrected chi connectivity index (χ2v) is 4.67. The van der Waals surface area contributed by atoms with Gasteiger partial charge in [0, 0.05) is 0 Å². The van der Waals surface area contributed by atoms with Gasteiger partial charge in [0.15, 0.2) is 0 Å². The minimum atomic E-state index is -0.624. The van der Waals surface area contributed by atoms with Gasteiger partial charge in [-0.05, 0) is 32.9 Å². The predicted molar refractivity (Wildman–Crippen MR) is 61.0 cm³/mol. The summed E-state index contributed by atoms with van der Waals surface area (Å²) >= 11 is 0. The molecular weight excluding hydrogens is 190 g/mol. The predicted octanol–water partition coefficient (Wildman–Crippen LogP) is 2.51. The van der Waals surface area contributed by atoms with Gasteiger partial charge < -0.3 is 5.11 Å². The average molecular weight is 213 g/mol. The third-order valence-electron chi connectivity index (χ3n) is 3.66. The highest BCUT2D eigenvalue weighted by Gasteiger charge is 2.42. The molecule has 0 heterocycles. The zero-order chi connectivity index (χ0) is 11.3. The highest BCUT2D eigenvalue weighted by molar-refractivity contribution is 5.78. The molecular formula is C12H23NO2. The third-order valence-corrected chi connectivity index (χ3v) is 3.66. The van der Waals surface area contributed by atoms with E-state index in [0.717, 1.165) is 45.1 Å². The van der Waals surface area contributed by atoms with Gasteiger partial charge in [0.25, 0.3) is 0 Å². The van der Waals surface area contributed by atoms with E-state index in [1.807, 2.05) is 7.05 Å². The number of hydrogen-bond donors (Lipinski definition) is 1. The summed E-state index contributed by atoms with van der Waals surface area (Å²) in [5.74, 6) is -0.624. The minimum Gasteiger partial charge on any atom is -0.480 e. The molecule has 1 fully saturated rings. The Balaban J connectivity index is 2.66. The molecule has 0 aromatic rings. The molecule has 0 atom stereocenters. The van der Waals surface area contributed by atoms with Gasteiger partial charge in [-0.1, -0.05) is 32.6 Å². The van der Waals surface area contributed by atoms with Crippen molar-refractivity contribution in [2.75, 3.05) is 13.6 Å². The van der Waals surface area contributed by atoms with E-state index in [2.05, 4.69) is 11.8 Å². The van der Waals surface area contributed by atoms with E-state index >= 15 is 0 Å². The fraction of sp³-hybridized carbons (Fsp3) is 0.917. The van der Waals surface area contributed by atoms with E-state index in [9.17, 15) is 9.90 Å². The third kappa shape index (κ3) is 2.71. The SMILES string of the molecule is CCCCN(C)C1(C(=O)O)CCCCC1. The van der Waals surface area contributed by atoms with Crippen LogP contribution < -0.4 is 0 Å². The van der Waals surface area contributed by atoms with Crippen LogP contribution in [0.3, 0.4) is 0 Å². The van der Waals surface area contributed by atoms with Crippen LogP contribution in [0.25, 0.3) is 0 Å². The Morgan fingerprint density at radius 3 is 2.40 bits per heavy atom. The Bertz CT molecular complexity index is 210. The zero-order valence-corrected chi connectivity index (χ0v) is 9.96. The Morgan fingerprint density at radius 2 is 1.93 bits per heavy atom. The van der Waals surface area contributed by atoms with Crippen molar-refractivity contribution in [3.05, 3.63) is 0 Å². The topological polar surface area (TPSA) is 40.5 Å². The molecule has 3 heteroatoms. The second kappa shape index (κ2) is 5.50. The first-order valence-corrected chi connectivity index (χ1v) is 6.08. The van der Waals surface area contributed by atoms with Crippen LogP contribution in [-0.2, 0) is 4.79 Å². The van der Waals surface area contributed by atoms with E-state index in [1.165, 1.54) is 6.42 Å². The number of hydrogen-bond acceptors (Lipinski definition) is 2. The molecule has 0 bridgehead atoms. The number of nitrogens with zero attached hydrogens (tertiary/aromatic N) is 1. The fourth-order valence-corrected chi connectivity index (χ4v) is 2.50. The second-order valence-electron chi connectivity index (χ2n) is 4.67. The van der Waals surface area contributed by atoms with E-state index in [0.29, 0.717) is 0 Å². The maximum atomic E-state index is 11.4. The van der Waals surface area contributed by atoms with Crippen molar-refractivity contribution in [2.24, 2.45) is 0 Å². The summed E-state index contributed by atoms with van der Waals surface area (Å²) in [7, 11) is 1.97. The highest BCUT2D eigenvalue weighted by Crippen LogP contribution is 2.33. The molecule has 0 aromatic carbocycles. The largest absolute Gasteiger partial charge is 0.480 e. The number of likely N-dealkylation sites (N-methyl/N-ethyl adjacent to an activating group) is 1. The van der Waals surface area contributed by atoms with Crippen molar-refractivity contribution in [1.82, 2.24) is 4.90 Å². The molecule has 15 heavy (non-hydrogen) atoms. The molecule has 0 amide bonds. The summed E-state index contributed by atoms with van der Waals surface area (Å²) in [6.45, 7) is 3.05. The van der Waals surface area contributed by atoms with Gasteiger partial charge >= 0.3 is 5.97 Å². The van der Waals surface area contributed by atoms with Crippen molar-refractivity contribution >= 4 is 5.97 Å². The van der Waals surface area contributed by atoms with Crippen molar-refractivity contribution in [1.29, 1.82) is 0 Å². The molecule has 88 valence electrons. The summed E-state index contributed by atoms with van der Waals surface area (Å²) in [6, 6.07) is 0. The first-order chi connectivity index (χ1) is 7.13. The van der Waals surface area contributed by atoms with Crippen LogP contribution in [-0.4, -0.2) is 35.1 Å². The lowest BCUT2D eigenvalue weighted by Crippen LogP contribution is -2.54. The standard InChI is InChI=1S/C12H23NO2/c1-3-4-10-13(2)12(11(14)15)8-6-5-7-9-12/h3-10H2,1-2H3,(H,14,15). The summed E-state index contributed by atoms with van der Waals surface area (Å²) < 4.78 is 0. The lowest BCUT2D eigenvalue weighted by molar-refractivity contribution is -0.153. The zero-order valence-electron chi connectivity index (χ0n) is 9.96. The Labute approximate surface area is 92.5 Å². The monoisotopic (exact) mass is 213 g/mol. The van der Waals surface area contributed by atoms with Crippen molar-refractivity contribution in [3.63, 3.8) is 0 Å². The summed E-state index contributed by atoms with van der Waals surface area (Å²) in [6.07, 6.45) is 7.17. The van der Waals surface area contributed by atoms with Gasteiger partial charge in [-0.2, -0.15) is 0 Å². The number of unbranched alkanes of at least 4 members (excludes halogenated alkanes) is 1. The fourth-order valence-electron chi connectivity index (χ4n) is 2.50. The maximum Gasteiger partial charge on any atom is 0.324 e. The van der Waals surface area contributed by atoms with E-state index in [1.54, 1.807) is 0 Å². The van der Waals surface area contributed by atoms with Crippen LogP contribution in [0, 0.1) is 0 Å². The molecule has 0 unspecified atom stereocenters. The van der Waals surface area contributed by atoms with Crippen molar-refractivity contribution in [2.45, 2.75) is 57.4 Å². The normalized spacial score (nSPS) is 20.5. The van der Waals surface area contributed by atoms with E-state index in [4.69, 9.17) is 0 Å². The molecule has 0 saturated heterocycles. The van der Waals surface area contributed by atoms with E-state index in [-0.39, 0.29) is 0 Å². The number of rotatable bonds is 5. The molecule has 3 nitrogen and oxygen atoms in total. The van der Waals surface area contributed by atoms with E-state index < -0.39 is 11.5 Å². The van der Waals surface area contributed by atoms with Crippen LogP contribution in [0.1, 0.15) is 51.9 Å². The summed E-state index contributed by atoms with van der Waals surface area (Å²) in [4.78, 5) is 13.5. The first-order valence-electron chi connectivity index (χ1n) is 6.08. The number of aliphatic carboxylic acids is 1. The number of carbonyl (C=O) groups is 1. The molecule has 0 aliphatic heterocycles. The Hall–Kier alpha value is -0.570. The van der Waals surface area contributed by atoms with Crippen LogP contribution in [0.2, 0.25) is 0 Å². The average Bonchev–Trinajstić information content (AvgIpc) is 2.26. The minimum absolute atomic E-state index is 0.562. The summed E-state index contributed by atoms with van der Waals surface area (Å²) in [5, 5.41) is 9.42. The number of carboxylic acid groups (broad SMARTS) is 1. The Morgan fingerprint density at radius 1 is 1.33 bits per heavy atom. The van der Waals surface area contributed by atoms with Crippen LogP contribution >= 0.6 is 0 Å². The van der Waals surface area contributed by atoms with Gasteiger partial charge in [0.2, 0.25) is 0 Å². The molecule has 0 radical (unpaired) electrons. The smallest absolute Gasteiger partial charge is 0.324 e. The Kier molecular flexibility index (Phi) is 4.58. The molecule has 1 aliphatic rings. The molecule has 0 aromatic heterocycles. The van der Waals surface area contributed by atoms with Crippen molar-refractivity contribution < 1.29 is 9.90 Å². The quantitative estimate of drug-likeness (QED) is 0.763. The molecule has 1 aliphatic carbocycles. The van der Waals surface area contributed by atoms with Crippen LogP contribution in [0.15, 0.2) is 0 Å². The van der Waals surface area contributed by atoms with Gasteiger partial charge in [-0.3, -0.25) is 9.69 Å². The lowest BCUT2D eigenvalue weighted by Gasteiger charge is -2.41. The van der Waals surface area contributed by atoms with Crippen molar-refractivity contribution in [3.8, 4) is 0 Å². The first kappa shape index (κ1) is 12.5. The lowest BCUT2D eigenvalue weighted by atomic mass is 9.80. The molecule has 1 rings (SSSR count). The van der Waals surface area contributed by atoms with Gasteiger partial charge in [0.05, 0.1) is 0 Å². The molecule has 0 spiro atoms. The molecule has 1 saturated carbocycles. The van der Waals surface area contributed by atoms with Crippen LogP contribution in [0.5, 0.6) is 0 Å². The van der Waals surface area contributed by atoms with Gasteiger partial charge in [-0.15, -0.1) is 0 Å². The maximum absolute atomic E-state index is 11.4.